The number of hydrogen-bond acceptors (Lipinski definition) is 5. The number of alkyl halides is 3. The Morgan fingerprint density at radius 1 is 1.22 bits per heavy atom. The fourth-order valence-corrected chi connectivity index (χ4v) is 2.41. The van der Waals surface area contributed by atoms with Crippen LogP contribution in [0.4, 0.5) is 13.2 Å². The van der Waals surface area contributed by atoms with Crippen molar-refractivity contribution in [3.05, 3.63) is 40.1 Å². The average molecular weight is 388 g/mol. The maximum absolute atomic E-state index is 12.7. The summed E-state index contributed by atoms with van der Waals surface area (Å²) in [6, 6.07) is 5.28. The fraction of sp³-hybridized carbons (Fsp3) is 0.438. The zero-order valence-electron chi connectivity index (χ0n) is 15.0. The van der Waals surface area contributed by atoms with Crippen LogP contribution in [0.25, 0.3) is 0 Å². The highest BCUT2D eigenvalue weighted by atomic mass is 19.4. The van der Waals surface area contributed by atoms with Crippen molar-refractivity contribution in [2.75, 3.05) is 20.8 Å². The molecule has 0 bridgehead atoms. The van der Waals surface area contributed by atoms with Crippen molar-refractivity contribution in [3.63, 3.8) is 0 Å². The topological polar surface area (TPSA) is 87.4 Å². The van der Waals surface area contributed by atoms with Crippen LogP contribution in [0.1, 0.15) is 11.4 Å². The van der Waals surface area contributed by atoms with Gasteiger partial charge >= 0.3 is 11.9 Å². The molecule has 0 aliphatic carbocycles. The number of ether oxygens (including phenoxy) is 2. The zero-order chi connectivity index (χ0) is 20.2. The number of halogens is 3. The highest BCUT2D eigenvalue weighted by Gasteiger charge is 2.38. The second-order valence-electron chi connectivity index (χ2n) is 5.61. The molecule has 1 aromatic heterocycles. The van der Waals surface area contributed by atoms with E-state index in [0.717, 1.165) is 12.6 Å². The minimum atomic E-state index is -4.77. The van der Waals surface area contributed by atoms with Gasteiger partial charge in [-0.05, 0) is 24.1 Å². The normalized spacial score (nSPS) is 11.3. The Morgan fingerprint density at radius 2 is 1.89 bits per heavy atom. The first-order chi connectivity index (χ1) is 12.7. The molecule has 1 aromatic carbocycles. The maximum atomic E-state index is 12.7. The molecule has 2 rings (SSSR count). The van der Waals surface area contributed by atoms with E-state index in [-0.39, 0.29) is 6.54 Å². The van der Waals surface area contributed by atoms with Crippen molar-refractivity contribution in [2.45, 2.75) is 19.1 Å². The minimum absolute atomic E-state index is 0.224. The third kappa shape index (κ3) is 4.80. The maximum Gasteiger partial charge on any atom is 0.451 e. The van der Waals surface area contributed by atoms with Gasteiger partial charge < -0.3 is 14.8 Å². The molecule has 0 aliphatic heterocycles. The Kier molecular flexibility index (Phi) is 6.13. The highest BCUT2D eigenvalue weighted by molar-refractivity contribution is 5.75. The Morgan fingerprint density at radius 3 is 2.44 bits per heavy atom. The first kappa shape index (κ1) is 20.3. The van der Waals surface area contributed by atoms with Crippen molar-refractivity contribution in [1.29, 1.82) is 0 Å². The third-order valence-electron chi connectivity index (χ3n) is 3.77. The summed E-state index contributed by atoms with van der Waals surface area (Å²) in [5.74, 6) is -0.864. The number of nitrogens with one attached hydrogen (secondary N) is 1. The van der Waals surface area contributed by atoms with Gasteiger partial charge in [0.05, 0.1) is 14.2 Å². The van der Waals surface area contributed by atoms with Crippen LogP contribution in [0.3, 0.4) is 0 Å². The summed E-state index contributed by atoms with van der Waals surface area (Å²) in [7, 11) is 3.97. The molecular formula is C16H19F3N4O4. The molecule has 1 N–H and O–H groups in total. The van der Waals surface area contributed by atoms with Crippen LogP contribution < -0.4 is 20.5 Å². The van der Waals surface area contributed by atoms with E-state index in [4.69, 9.17) is 9.47 Å². The van der Waals surface area contributed by atoms with E-state index in [1.165, 1.54) is 14.2 Å². The molecule has 0 aliphatic rings. The fourth-order valence-electron chi connectivity index (χ4n) is 2.41. The van der Waals surface area contributed by atoms with Gasteiger partial charge in [-0.1, -0.05) is 6.07 Å². The first-order valence-corrected chi connectivity index (χ1v) is 7.86. The summed E-state index contributed by atoms with van der Waals surface area (Å²) in [4.78, 5) is 23.7. The third-order valence-corrected chi connectivity index (χ3v) is 3.77. The summed E-state index contributed by atoms with van der Waals surface area (Å²) in [5, 5.41) is 5.72. The summed E-state index contributed by atoms with van der Waals surface area (Å²) in [5.41, 5.74) is -0.153. The van der Waals surface area contributed by atoms with Crippen molar-refractivity contribution >= 4 is 5.91 Å². The van der Waals surface area contributed by atoms with Gasteiger partial charge in [0.1, 0.15) is 6.54 Å². The van der Waals surface area contributed by atoms with Crippen LogP contribution in [-0.2, 0) is 31.0 Å². The molecule has 0 fully saturated rings. The number of benzene rings is 1. The molecule has 0 saturated heterocycles. The monoisotopic (exact) mass is 388 g/mol. The average Bonchev–Trinajstić information content (AvgIpc) is 2.90. The predicted molar refractivity (Wildman–Crippen MR) is 88.7 cm³/mol. The first-order valence-electron chi connectivity index (χ1n) is 7.86. The molecule has 27 heavy (non-hydrogen) atoms. The molecular weight excluding hydrogens is 369 g/mol. The summed E-state index contributed by atoms with van der Waals surface area (Å²) in [6.07, 6.45) is -4.32. The summed E-state index contributed by atoms with van der Waals surface area (Å²) >= 11 is 0. The number of carbonyl (C=O) groups excluding carboxylic acids is 1. The predicted octanol–water partition coefficient (Wildman–Crippen LogP) is 0.977. The second kappa shape index (κ2) is 8.14. The number of aromatic nitrogens is 3. The van der Waals surface area contributed by atoms with E-state index in [1.807, 2.05) is 0 Å². The van der Waals surface area contributed by atoms with Gasteiger partial charge in [0.25, 0.3) is 0 Å². The molecule has 0 unspecified atom stereocenters. The van der Waals surface area contributed by atoms with Crippen molar-refractivity contribution in [2.24, 2.45) is 7.05 Å². The van der Waals surface area contributed by atoms with Crippen LogP contribution in [0.15, 0.2) is 23.0 Å². The molecule has 8 nitrogen and oxygen atoms in total. The molecule has 1 heterocycles. The highest BCUT2D eigenvalue weighted by Crippen LogP contribution is 2.27. The lowest BCUT2D eigenvalue weighted by Gasteiger charge is -2.10. The number of hydrogen-bond donors (Lipinski definition) is 1. The number of rotatable bonds is 7. The summed E-state index contributed by atoms with van der Waals surface area (Å²) < 4.78 is 49.3. The largest absolute Gasteiger partial charge is 0.493 e. The molecule has 1 amide bonds. The van der Waals surface area contributed by atoms with Gasteiger partial charge in [0, 0.05) is 13.6 Å². The molecule has 0 atom stereocenters. The molecule has 0 spiro atoms. The molecule has 11 heteroatoms. The Labute approximate surface area is 152 Å². The van der Waals surface area contributed by atoms with Gasteiger partial charge in [-0.3, -0.25) is 9.36 Å². The lowest BCUT2D eigenvalue weighted by molar-refractivity contribution is -0.147. The molecule has 0 radical (unpaired) electrons. The van der Waals surface area contributed by atoms with Gasteiger partial charge in [0.2, 0.25) is 11.7 Å². The Balaban J connectivity index is 1.95. The zero-order valence-corrected chi connectivity index (χ0v) is 15.0. The minimum Gasteiger partial charge on any atom is -0.493 e. The van der Waals surface area contributed by atoms with Crippen molar-refractivity contribution in [3.8, 4) is 11.5 Å². The standard InChI is InChI=1S/C16H19F3N4O4/c1-22-14(16(17,18)19)21-23(15(22)25)9-13(24)20-7-6-10-4-5-11(26-2)12(8-10)27-3/h4-5,8H,6-7,9H2,1-3H3,(H,20,24). The van der Waals surface area contributed by atoms with E-state index >= 15 is 0 Å². The van der Waals surface area contributed by atoms with Crippen LogP contribution >= 0.6 is 0 Å². The van der Waals surface area contributed by atoms with E-state index in [1.54, 1.807) is 18.2 Å². The molecule has 148 valence electrons. The van der Waals surface area contributed by atoms with E-state index < -0.39 is 30.1 Å². The number of amides is 1. The van der Waals surface area contributed by atoms with Crippen LogP contribution in [0, 0.1) is 0 Å². The summed E-state index contributed by atoms with van der Waals surface area (Å²) in [6.45, 7) is -0.378. The lowest BCUT2D eigenvalue weighted by atomic mass is 10.1. The van der Waals surface area contributed by atoms with Crippen LogP contribution in [0.2, 0.25) is 0 Å². The number of methoxy groups -OCH3 is 2. The Bertz CT molecular complexity index is 874. The van der Waals surface area contributed by atoms with Gasteiger partial charge in [-0.15, -0.1) is 5.10 Å². The number of carbonyl (C=O) groups is 1. The smallest absolute Gasteiger partial charge is 0.451 e. The quantitative estimate of drug-likeness (QED) is 0.764. The van der Waals surface area contributed by atoms with Crippen molar-refractivity contribution < 1.29 is 27.4 Å². The molecule has 2 aromatic rings. The Hall–Kier alpha value is -2.98. The van der Waals surface area contributed by atoms with Gasteiger partial charge in [-0.2, -0.15) is 13.2 Å². The van der Waals surface area contributed by atoms with E-state index in [0.29, 0.717) is 27.2 Å². The van der Waals surface area contributed by atoms with Gasteiger partial charge in [-0.25, -0.2) is 9.48 Å². The van der Waals surface area contributed by atoms with Crippen molar-refractivity contribution in [1.82, 2.24) is 19.7 Å². The van der Waals surface area contributed by atoms with E-state index in [2.05, 4.69) is 10.4 Å². The lowest BCUT2D eigenvalue weighted by Crippen LogP contribution is -2.34. The van der Waals surface area contributed by atoms with Crippen LogP contribution in [0.5, 0.6) is 11.5 Å². The SMILES string of the molecule is COc1ccc(CCNC(=O)Cn2nc(C(F)(F)F)n(C)c2=O)cc1OC. The van der Waals surface area contributed by atoms with E-state index in [9.17, 15) is 22.8 Å². The van der Waals surface area contributed by atoms with Gasteiger partial charge in [0.15, 0.2) is 11.5 Å². The van der Waals surface area contributed by atoms with Crippen LogP contribution in [-0.4, -0.2) is 41.0 Å². The number of nitrogens with zero attached hydrogens (tertiary/aromatic N) is 3. The molecule has 0 saturated carbocycles. The second-order valence-corrected chi connectivity index (χ2v) is 5.61.